The molecule has 6 nitrogen and oxygen atoms in total. The van der Waals surface area contributed by atoms with Crippen molar-refractivity contribution in [3.8, 4) is 0 Å². The molecule has 2 atom stereocenters. The summed E-state index contributed by atoms with van der Waals surface area (Å²) < 4.78 is 13.5. The smallest absolute Gasteiger partial charge is 0.238 e. The van der Waals surface area contributed by atoms with Gasteiger partial charge in [-0.1, -0.05) is 18.2 Å². The lowest BCUT2D eigenvalue weighted by Gasteiger charge is -2.34. The number of halogens is 1. The van der Waals surface area contributed by atoms with Crippen LogP contribution in [-0.2, 0) is 4.79 Å². The Labute approximate surface area is 164 Å². The number of nitrogens with one attached hydrogen (secondary N) is 1. The molecule has 2 aromatic rings. The molecule has 2 saturated heterocycles. The van der Waals surface area contributed by atoms with Crippen molar-refractivity contribution < 1.29 is 9.18 Å². The molecular formula is C21H28FN5O. The zero-order valence-corrected chi connectivity index (χ0v) is 16.3. The maximum absolute atomic E-state index is 13.5. The van der Waals surface area contributed by atoms with E-state index in [4.69, 9.17) is 5.73 Å². The number of alkyl halides is 1. The fourth-order valence-electron chi connectivity index (χ4n) is 4.29. The van der Waals surface area contributed by atoms with Gasteiger partial charge < -0.3 is 16.0 Å². The number of piperidine rings is 1. The molecule has 7 heteroatoms. The van der Waals surface area contributed by atoms with E-state index in [0.29, 0.717) is 12.6 Å². The van der Waals surface area contributed by atoms with E-state index in [1.54, 1.807) is 0 Å². The predicted octanol–water partition coefficient (Wildman–Crippen LogP) is 2.27. The highest BCUT2D eigenvalue weighted by molar-refractivity contribution is 5.92. The van der Waals surface area contributed by atoms with Crippen molar-refractivity contribution in [1.29, 1.82) is 0 Å². The zero-order valence-electron chi connectivity index (χ0n) is 16.3. The molecule has 0 radical (unpaired) electrons. The Morgan fingerprint density at radius 3 is 2.82 bits per heavy atom. The summed E-state index contributed by atoms with van der Waals surface area (Å²) in [5.41, 5.74) is 9.18. The molecule has 1 aromatic heterocycles. The minimum atomic E-state index is -0.993. The molecule has 0 spiro atoms. The Hall–Kier alpha value is -2.25. The quantitative estimate of drug-likeness (QED) is 0.845. The molecule has 2 aliphatic rings. The van der Waals surface area contributed by atoms with Crippen molar-refractivity contribution in [3.63, 3.8) is 0 Å². The van der Waals surface area contributed by atoms with Crippen LogP contribution in [0.2, 0.25) is 0 Å². The highest BCUT2D eigenvalue weighted by Gasteiger charge is 2.33. The minimum Gasteiger partial charge on any atom is -0.382 e. The number of rotatable bonds is 4. The number of carbonyl (C=O) groups is 1. The molecule has 3 heterocycles. The van der Waals surface area contributed by atoms with Crippen LogP contribution in [0.4, 0.5) is 10.1 Å². The van der Waals surface area contributed by atoms with E-state index in [0.717, 1.165) is 42.5 Å². The first-order chi connectivity index (χ1) is 13.5. The second-order valence-corrected chi connectivity index (χ2v) is 7.97. The number of carbonyl (C=O) groups excluding carboxylic acids is 1. The van der Waals surface area contributed by atoms with Crippen LogP contribution in [0, 0.1) is 6.92 Å². The number of hydrogen-bond donors (Lipinski definition) is 2. The third kappa shape index (κ3) is 3.95. The fraction of sp³-hybridized carbons (Fsp3) is 0.524. The first kappa shape index (κ1) is 19.1. The number of likely N-dealkylation sites (tertiary alicyclic amines) is 2. The Bertz CT molecular complexity index is 852. The number of pyridine rings is 1. The van der Waals surface area contributed by atoms with E-state index in [-0.39, 0.29) is 18.9 Å². The van der Waals surface area contributed by atoms with E-state index in [2.05, 4.69) is 40.3 Å². The van der Waals surface area contributed by atoms with Crippen LogP contribution in [0.15, 0.2) is 30.5 Å². The maximum atomic E-state index is 13.5. The molecule has 1 aromatic carbocycles. The van der Waals surface area contributed by atoms with Crippen molar-refractivity contribution in [2.24, 2.45) is 5.73 Å². The van der Waals surface area contributed by atoms with Crippen LogP contribution in [0.3, 0.4) is 0 Å². The molecule has 0 saturated carbocycles. The first-order valence-corrected chi connectivity index (χ1v) is 10.0. The number of anilines is 1. The van der Waals surface area contributed by atoms with E-state index in [9.17, 15) is 9.18 Å². The number of benzene rings is 1. The van der Waals surface area contributed by atoms with Gasteiger partial charge in [0.25, 0.3) is 0 Å². The van der Waals surface area contributed by atoms with Crippen molar-refractivity contribution in [3.05, 3.63) is 36.0 Å². The van der Waals surface area contributed by atoms with Gasteiger partial charge in [0.1, 0.15) is 6.17 Å². The largest absolute Gasteiger partial charge is 0.382 e. The SMILES string of the molecule is Cc1cccc2c(NC3CCN(CC(=O)N4C[C@@H](F)C[C@H]4N)CC3)ccnc12. The average Bonchev–Trinajstić information content (AvgIpc) is 3.02. The molecule has 3 N–H and O–H groups in total. The lowest BCUT2D eigenvalue weighted by Crippen LogP contribution is -2.48. The third-order valence-electron chi connectivity index (χ3n) is 5.89. The molecular weight excluding hydrogens is 357 g/mol. The highest BCUT2D eigenvalue weighted by Crippen LogP contribution is 2.26. The Morgan fingerprint density at radius 2 is 2.11 bits per heavy atom. The Kier molecular flexibility index (Phi) is 5.46. The van der Waals surface area contributed by atoms with Gasteiger partial charge in [-0.2, -0.15) is 0 Å². The molecule has 0 aliphatic carbocycles. The van der Waals surface area contributed by atoms with Crippen LogP contribution in [-0.4, -0.2) is 65.2 Å². The van der Waals surface area contributed by atoms with Gasteiger partial charge in [0.05, 0.1) is 24.8 Å². The van der Waals surface area contributed by atoms with Gasteiger partial charge in [0, 0.05) is 42.8 Å². The van der Waals surface area contributed by atoms with Gasteiger partial charge in [-0.15, -0.1) is 0 Å². The molecule has 150 valence electrons. The Morgan fingerprint density at radius 1 is 1.32 bits per heavy atom. The summed E-state index contributed by atoms with van der Waals surface area (Å²) >= 11 is 0. The van der Waals surface area contributed by atoms with Gasteiger partial charge in [-0.25, -0.2) is 4.39 Å². The summed E-state index contributed by atoms with van der Waals surface area (Å²) in [6.45, 7) is 4.21. The van der Waals surface area contributed by atoms with Crippen molar-refractivity contribution >= 4 is 22.5 Å². The minimum absolute atomic E-state index is 0.0605. The summed E-state index contributed by atoms with van der Waals surface area (Å²) in [6, 6.07) is 8.63. The van der Waals surface area contributed by atoms with E-state index < -0.39 is 12.3 Å². The van der Waals surface area contributed by atoms with E-state index in [1.165, 1.54) is 10.5 Å². The topological polar surface area (TPSA) is 74.5 Å². The fourth-order valence-corrected chi connectivity index (χ4v) is 4.29. The Balaban J connectivity index is 1.33. The van der Waals surface area contributed by atoms with Crippen molar-refractivity contribution in [2.75, 3.05) is 31.5 Å². The van der Waals surface area contributed by atoms with Gasteiger partial charge >= 0.3 is 0 Å². The van der Waals surface area contributed by atoms with Crippen molar-refractivity contribution in [1.82, 2.24) is 14.8 Å². The summed E-state index contributed by atoms with van der Waals surface area (Å²) in [7, 11) is 0. The maximum Gasteiger partial charge on any atom is 0.238 e. The lowest BCUT2D eigenvalue weighted by atomic mass is 10.0. The summed E-state index contributed by atoms with van der Waals surface area (Å²) in [4.78, 5) is 20.6. The second kappa shape index (κ2) is 8.01. The van der Waals surface area contributed by atoms with Crippen LogP contribution < -0.4 is 11.1 Å². The highest BCUT2D eigenvalue weighted by atomic mass is 19.1. The summed E-state index contributed by atoms with van der Waals surface area (Å²) in [5, 5.41) is 4.80. The monoisotopic (exact) mass is 385 g/mol. The number of fused-ring (bicyclic) bond motifs is 1. The number of nitrogens with zero attached hydrogens (tertiary/aromatic N) is 3. The van der Waals surface area contributed by atoms with Crippen molar-refractivity contribution in [2.45, 2.75) is 44.6 Å². The molecule has 2 aliphatic heterocycles. The molecule has 2 fully saturated rings. The van der Waals surface area contributed by atoms with Gasteiger partial charge in [-0.3, -0.25) is 14.7 Å². The first-order valence-electron chi connectivity index (χ1n) is 10.0. The molecule has 28 heavy (non-hydrogen) atoms. The molecule has 4 rings (SSSR count). The van der Waals surface area contributed by atoms with Gasteiger partial charge in [-0.05, 0) is 31.4 Å². The second-order valence-electron chi connectivity index (χ2n) is 7.97. The molecule has 1 amide bonds. The molecule has 0 unspecified atom stereocenters. The van der Waals surface area contributed by atoms with Gasteiger partial charge in [0.2, 0.25) is 5.91 Å². The number of hydrogen-bond acceptors (Lipinski definition) is 5. The number of amides is 1. The van der Waals surface area contributed by atoms with Crippen LogP contribution in [0.5, 0.6) is 0 Å². The predicted molar refractivity (Wildman–Crippen MR) is 109 cm³/mol. The standard InChI is InChI=1S/C21H28FN5O/c1-14-3-2-4-17-18(5-8-24-21(14)17)25-16-6-9-26(10-7-16)13-20(28)27-12-15(22)11-19(27)23/h2-5,8,15-16,19H,6-7,9-13,23H2,1H3,(H,24,25)/t15-,19-/m0/s1. The average molecular weight is 385 g/mol. The summed E-state index contributed by atoms with van der Waals surface area (Å²) in [5.74, 6) is -0.0605. The third-order valence-corrected chi connectivity index (χ3v) is 5.89. The van der Waals surface area contributed by atoms with Crippen LogP contribution >= 0.6 is 0 Å². The normalized spacial score (nSPS) is 24.0. The number of para-hydroxylation sites is 1. The van der Waals surface area contributed by atoms with E-state index in [1.807, 2.05) is 12.3 Å². The van der Waals surface area contributed by atoms with E-state index >= 15 is 0 Å². The zero-order chi connectivity index (χ0) is 19.7. The lowest BCUT2D eigenvalue weighted by molar-refractivity contribution is -0.133. The molecule has 0 bridgehead atoms. The number of aromatic nitrogens is 1. The van der Waals surface area contributed by atoms with Gasteiger partial charge in [0.15, 0.2) is 0 Å². The summed E-state index contributed by atoms with van der Waals surface area (Å²) in [6.07, 6.45) is 2.54. The van der Waals surface area contributed by atoms with Crippen LogP contribution in [0.1, 0.15) is 24.8 Å². The van der Waals surface area contributed by atoms with Crippen LogP contribution in [0.25, 0.3) is 10.9 Å². The number of aryl methyl sites for hydroxylation is 1. The number of nitrogens with two attached hydrogens (primary N) is 1.